The van der Waals surface area contributed by atoms with Crippen LogP contribution >= 0.6 is 0 Å². The topological polar surface area (TPSA) is 58.8 Å². The number of anilines is 1. The molecule has 2 heterocycles. The molecule has 1 aliphatic heterocycles. The van der Waals surface area contributed by atoms with E-state index in [1.807, 2.05) is 24.3 Å². The van der Waals surface area contributed by atoms with Crippen LogP contribution in [0.25, 0.3) is 11.3 Å². The van der Waals surface area contributed by atoms with Gasteiger partial charge in [-0.3, -0.25) is 4.79 Å². The number of carbonyl (C=O) groups is 1. The SMILES string of the molecule is COc1cccc(N2CCN(C(=O)c3c(-c4cccc(C(F)(F)F)c4)noc3C)CC2)c1. The predicted molar refractivity (Wildman–Crippen MR) is 113 cm³/mol. The molecule has 3 aromatic rings. The van der Waals surface area contributed by atoms with E-state index in [2.05, 4.69) is 10.1 Å². The summed E-state index contributed by atoms with van der Waals surface area (Å²) in [5.74, 6) is 0.728. The third-order valence-electron chi connectivity index (χ3n) is 5.53. The molecule has 9 heteroatoms. The second-order valence-corrected chi connectivity index (χ2v) is 7.52. The fourth-order valence-corrected chi connectivity index (χ4v) is 3.80. The van der Waals surface area contributed by atoms with Crippen LogP contribution in [0, 0.1) is 6.92 Å². The lowest BCUT2D eigenvalue weighted by Crippen LogP contribution is -2.49. The van der Waals surface area contributed by atoms with Gasteiger partial charge in [0.05, 0.1) is 12.7 Å². The molecule has 0 spiro atoms. The van der Waals surface area contributed by atoms with Crippen molar-refractivity contribution in [2.45, 2.75) is 13.1 Å². The van der Waals surface area contributed by atoms with Crippen molar-refractivity contribution in [2.24, 2.45) is 0 Å². The van der Waals surface area contributed by atoms with Crippen molar-refractivity contribution in [1.29, 1.82) is 0 Å². The molecule has 32 heavy (non-hydrogen) atoms. The number of alkyl halides is 3. The number of nitrogens with zero attached hydrogens (tertiary/aromatic N) is 3. The summed E-state index contributed by atoms with van der Waals surface area (Å²) in [6.07, 6.45) is -4.49. The Bertz CT molecular complexity index is 1120. The van der Waals surface area contributed by atoms with Crippen molar-refractivity contribution in [3.63, 3.8) is 0 Å². The average Bonchev–Trinajstić information content (AvgIpc) is 3.19. The van der Waals surface area contributed by atoms with Crippen molar-refractivity contribution in [3.8, 4) is 17.0 Å². The summed E-state index contributed by atoms with van der Waals surface area (Å²) < 4.78 is 49.9. The second-order valence-electron chi connectivity index (χ2n) is 7.52. The molecular weight excluding hydrogens is 423 g/mol. The molecule has 0 unspecified atom stereocenters. The molecule has 1 amide bonds. The summed E-state index contributed by atoms with van der Waals surface area (Å²) in [5, 5.41) is 3.89. The van der Waals surface area contributed by atoms with Gasteiger partial charge in [-0.2, -0.15) is 13.2 Å². The summed E-state index contributed by atoms with van der Waals surface area (Å²) in [6, 6.07) is 12.4. The number of methoxy groups -OCH3 is 1. The van der Waals surface area contributed by atoms with Crippen LogP contribution in [0.2, 0.25) is 0 Å². The van der Waals surface area contributed by atoms with Crippen LogP contribution in [-0.4, -0.2) is 49.3 Å². The molecule has 0 atom stereocenters. The van der Waals surface area contributed by atoms with Crippen LogP contribution in [0.5, 0.6) is 5.75 Å². The number of hydrogen-bond donors (Lipinski definition) is 0. The first-order valence-electron chi connectivity index (χ1n) is 10.1. The Balaban J connectivity index is 1.54. The highest BCUT2D eigenvalue weighted by molar-refractivity contribution is 6.01. The summed E-state index contributed by atoms with van der Waals surface area (Å²) in [7, 11) is 1.61. The first-order valence-corrected chi connectivity index (χ1v) is 10.1. The van der Waals surface area contributed by atoms with Crippen LogP contribution in [0.4, 0.5) is 18.9 Å². The number of carbonyl (C=O) groups excluding carboxylic acids is 1. The first kappa shape index (κ1) is 21.7. The van der Waals surface area contributed by atoms with E-state index in [9.17, 15) is 18.0 Å². The first-order chi connectivity index (χ1) is 15.3. The number of halogens is 3. The summed E-state index contributed by atoms with van der Waals surface area (Å²) in [5.41, 5.74) is 0.700. The summed E-state index contributed by atoms with van der Waals surface area (Å²) in [4.78, 5) is 17.1. The smallest absolute Gasteiger partial charge is 0.416 e. The Morgan fingerprint density at radius 2 is 1.78 bits per heavy atom. The van der Waals surface area contributed by atoms with E-state index in [-0.39, 0.29) is 28.5 Å². The second kappa shape index (κ2) is 8.57. The lowest BCUT2D eigenvalue weighted by atomic mass is 10.0. The minimum absolute atomic E-state index is 0.119. The largest absolute Gasteiger partial charge is 0.497 e. The zero-order valence-electron chi connectivity index (χ0n) is 17.6. The Morgan fingerprint density at radius 1 is 1.06 bits per heavy atom. The molecule has 1 saturated heterocycles. The van der Waals surface area contributed by atoms with Crippen molar-refractivity contribution >= 4 is 11.6 Å². The molecule has 2 aromatic carbocycles. The van der Waals surface area contributed by atoms with Crippen molar-refractivity contribution < 1.29 is 27.2 Å². The van der Waals surface area contributed by atoms with Crippen LogP contribution in [0.1, 0.15) is 21.7 Å². The highest BCUT2D eigenvalue weighted by Crippen LogP contribution is 2.34. The van der Waals surface area contributed by atoms with Gasteiger partial charge in [-0.05, 0) is 31.2 Å². The van der Waals surface area contributed by atoms with E-state index in [1.54, 1.807) is 18.9 Å². The van der Waals surface area contributed by atoms with Gasteiger partial charge in [0.2, 0.25) is 0 Å². The third kappa shape index (κ3) is 4.28. The standard InChI is InChI=1S/C23H22F3N3O3/c1-15-20(21(27-32-15)16-5-3-6-17(13-16)23(24,25)26)22(30)29-11-9-28(10-12-29)18-7-4-8-19(14-18)31-2/h3-8,13-14H,9-12H2,1-2H3. The number of amides is 1. The number of ether oxygens (including phenoxy) is 1. The van der Waals surface area contributed by atoms with Crippen LogP contribution in [-0.2, 0) is 6.18 Å². The maximum Gasteiger partial charge on any atom is 0.416 e. The molecule has 1 fully saturated rings. The van der Waals surface area contributed by atoms with E-state index in [1.165, 1.54) is 12.1 Å². The number of hydrogen-bond acceptors (Lipinski definition) is 5. The van der Waals surface area contributed by atoms with Crippen LogP contribution in [0.15, 0.2) is 53.1 Å². The van der Waals surface area contributed by atoms with Gasteiger partial charge >= 0.3 is 6.18 Å². The molecule has 1 aliphatic rings. The maximum absolute atomic E-state index is 13.3. The Morgan fingerprint density at radius 3 is 2.47 bits per heavy atom. The molecule has 0 bridgehead atoms. The maximum atomic E-state index is 13.3. The lowest BCUT2D eigenvalue weighted by Gasteiger charge is -2.36. The Labute approximate surface area is 183 Å². The van der Waals surface area contributed by atoms with Gasteiger partial charge in [-0.25, -0.2) is 0 Å². The minimum atomic E-state index is -4.49. The minimum Gasteiger partial charge on any atom is -0.497 e. The van der Waals surface area contributed by atoms with E-state index >= 15 is 0 Å². The van der Waals surface area contributed by atoms with Crippen LogP contribution in [0.3, 0.4) is 0 Å². The van der Waals surface area contributed by atoms with Gasteiger partial charge < -0.3 is 19.1 Å². The highest BCUT2D eigenvalue weighted by atomic mass is 19.4. The van der Waals surface area contributed by atoms with Gasteiger partial charge in [-0.1, -0.05) is 23.4 Å². The number of benzene rings is 2. The van der Waals surface area contributed by atoms with E-state index in [4.69, 9.17) is 9.26 Å². The van der Waals surface area contributed by atoms with Gasteiger partial charge in [0.25, 0.3) is 5.91 Å². The van der Waals surface area contributed by atoms with Crippen molar-refractivity contribution in [3.05, 3.63) is 65.4 Å². The molecule has 0 saturated carbocycles. The number of rotatable bonds is 4. The average molecular weight is 445 g/mol. The Hall–Kier alpha value is -3.49. The molecule has 1 aromatic heterocycles. The molecule has 0 radical (unpaired) electrons. The quantitative estimate of drug-likeness (QED) is 0.586. The Kier molecular flexibility index (Phi) is 5.82. The number of aryl methyl sites for hydroxylation is 1. The molecule has 0 N–H and O–H groups in total. The third-order valence-corrected chi connectivity index (χ3v) is 5.53. The van der Waals surface area contributed by atoms with Crippen molar-refractivity contribution in [2.75, 3.05) is 38.2 Å². The van der Waals surface area contributed by atoms with E-state index in [0.717, 1.165) is 23.6 Å². The van der Waals surface area contributed by atoms with Gasteiger partial charge in [-0.15, -0.1) is 0 Å². The zero-order chi connectivity index (χ0) is 22.9. The fraction of sp³-hybridized carbons (Fsp3) is 0.304. The van der Waals surface area contributed by atoms with Crippen molar-refractivity contribution in [1.82, 2.24) is 10.1 Å². The molecular formula is C23H22F3N3O3. The molecule has 0 aliphatic carbocycles. The fourth-order valence-electron chi connectivity index (χ4n) is 3.80. The normalized spacial score (nSPS) is 14.5. The lowest BCUT2D eigenvalue weighted by molar-refractivity contribution is -0.137. The zero-order valence-corrected chi connectivity index (χ0v) is 17.6. The van der Waals surface area contributed by atoms with Gasteiger partial charge in [0.15, 0.2) is 0 Å². The number of piperazine rings is 1. The van der Waals surface area contributed by atoms with Gasteiger partial charge in [0, 0.05) is 43.5 Å². The number of aromatic nitrogens is 1. The molecule has 4 rings (SSSR count). The highest BCUT2D eigenvalue weighted by Gasteiger charge is 2.32. The summed E-state index contributed by atoms with van der Waals surface area (Å²) in [6.45, 7) is 3.74. The van der Waals surface area contributed by atoms with Crippen LogP contribution < -0.4 is 9.64 Å². The van der Waals surface area contributed by atoms with E-state index < -0.39 is 11.7 Å². The molecule has 6 nitrogen and oxygen atoms in total. The van der Waals surface area contributed by atoms with Gasteiger partial charge in [0.1, 0.15) is 22.8 Å². The summed E-state index contributed by atoms with van der Waals surface area (Å²) >= 11 is 0. The monoisotopic (exact) mass is 445 g/mol. The predicted octanol–water partition coefficient (Wildman–Crippen LogP) is 4.64. The molecule has 168 valence electrons. The van der Waals surface area contributed by atoms with E-state index in [0.29, 0.717) is 26.2 Å².